The first kappa shape index (κ1) is 12.9. The minimum Gasteiger partial charge on any atom is -0.399 e. The number of nitrogens with zero attached hydrogens (tertiary/aromatic N) is 2. The van der Waals surface area contributed by atoms with Crippen LogP contribution in [0.15, 0.2) is 18.2 Å². The highest BCUT2D eigenvalue weighted by atomic mass is 16.2. The van der Waals surface area contributed by atoms with Gasteiger partial charge in [0.25, 0.3) is 0 Å². The van der Waals surface area contributed by atoms with Crippen molar-refractivity contribution >= 4 is 22.6 Å². The number of anilines is 1. The normalized spacial score (nSPS) is 17.1. The number of amides is 1. The third-order valence-corrected chi connectivity index (χ3v) is 3.56. The molecular weight excluding hydrogens is 254 g/mol. The summed E-state index contributed by atoms with van der Waals surface area (Å²) < 4.78 is 0. The van der Waals surface area contributed by atoms with Crippen molar-refractivity contribution in [3.63, 3.8) is 0 Å². The molecule has 2 heterocycles. The van der Waals surface area contributed by atoms with Gasteiger partial charge in [-0.15, -0.1) is 0 Å². The Morgan fingerprint density at radius 3 is 3.20 bits per heavy atom. The molecule has 2 aromatic rings. The average molecular weight is 273 g/mol. The number of aromatic nitrogens is 2. The number of carbonyl (C=O) groups excluding carboxylic acids is 1. The number of benzene rings is 1. The monoisotopic (exact) mass is 273 g/mol. The largest absolute Gasteiger partial charge is 0.399 e. The van der Waals surface area contributed by atoms with E-state index in [1.807, 2.05) is 18.2 Å². The summed E-state index contributed by atoms with van der Waals surface area (Å²) >= 11 is 0. The number of nitrogens with one attached hydrogen (secondary N) is 2. The van der Waals surface area contributed by atoms with Gasteiger partial charge in [-0.05, 0) is 24.6 Å². The van der Waals surface area contributed by atoms with Crippen molar-refractivity contribution in [2.75, 3.05) is 31.9 Å². The van der Waals surface area contributed by atoms with Gasteiger partial charge in [0.05, 0.1) is 17.6 Å². The third kappa shape index (κ3) is 2.91. The van der Waals surface area contributed by atoms with Crippen LogP contribution in [0.1, 0.15) is 12.2 Å². The lowest BCUT2D eigenvalue weighted by Gasteiger charge is -2.17. The number of rotatable bonds is 3. The predicted molar refractivity (Wildman–Crippen MR) is 78.3 cm³/mol. The van der Waals surface area contributed by atoms with Crippen LogP contribution in [0.25, 0.3) is 11.0 Å². The molecule has 0 atom stereocenters. The van der Waals surface area contributed by atoms with E-state index in [9.17, 15) is 4.79 Å². The van der Waals surface area contributed by atoms with E-state index in [4.69, 9.17) is 5.73 Å². The second kappa shape index (κ2) is 5.50. The number of hydrogen-bond acceptors (Lipinski definition) is 4. The van der Waals surface area contributed by atoms with E-state index in [1.54, 1.807) is 0 Å². The Kier molecular flexibility index (Phi) is 3.56. The van der Waals surface area contributed by atoms with Gasteiger partial charge in [0.15, 0.2) is 0 Å². The van der Waals surface area contributed by atoms with Crippen LogP contribution in [0.5, 0.6) is 0 Å². The lowest BCUT2D eigenvalue weighted by Crippen LogP contribution is -2.34. The van der Waals surface area contributed by atoms with Crippen LogP contribution >= 0.6 is 0 Å². The van der Waals surface area contributed by atoms with Crippen LogP contribution in [0.4, 0.5) is 5.69 Å². The maximum Gasteiger partial charge on any atom is 0.234 e. The van der Waals surface area contributed by atoms with Crippen molar-refractivity contribution in [2.45, 2.75) is 12.8 Å². The topological polar surface area (TPSA) is 87.0 Å². The Morgan fingerprint density at radius 1 is 1.40 bits per heavy atom. The van der Waals surface area contributed by atoms with Gasteiger partial charge < -0.3 is 16.0 Å². The van der Waals surface area contributed by atoms with Crippen LogP contribution in [-0.4, -0.2) is 47.0 Å². The smallest absolute Gasteiger partial charge is 0.234 e. The van der Waals surface area contributed by atoms with Gasteiger partial charge in [0.1, 0.15) is 5.82 Å². The van der Waals surface area contributed by atoms with E-state index < -0.39 is 0 Å². The summed E-state index contributed by atoms with van der Waals surface area (Å²) in [6, 6.07) is 5.67. The highest BCUT2D eigenvalue weighted by Crippen LogP contribution is 2.15. The van der Waals surface area contributed by atoms with Crippen molar-refractivity contribution in [2.24, 2.45) is 0 Å². The molecule has 0 bridgehead atoms. The first-order valence-electron chi connectivity index (χ1n) is 6.94. The minimum absolute atomic E-state index is 0.111. The Labute approximate surface area is 117 Å². The van der Waals surface area contributed by atoms with Crippen molar-refractivity contribution in [1.82, 2.24) is 20.2 Å². The van der Waals surface area contributed by atoms with Gasteiger partial charge in [-0.1, -0.05) is 0 Å². The van der Waals surface area contributed by atoms with E-state index in [2.05, 4.69) is 20.2 Å². The first-order chi connectivity index (χ1) is 9.70. The summed E-state index contributed by atoms with van der Waals surface area (Å²) in [5, 5.41) is 2.88. The molecular formula is C14H19N5O. The molecule has 0 spiro atoms. The molecule has 0 radical (unpaired) electrons. The molecule has 0 aliphatic carbocycles. The molecule has 1 aromatic heterocycles. The van der Waals surface area contributed by atoms with E-state index >= 15 is 0 Å². The number of nitrogen functional groups attached to an aromatic ring is 1. The number of nitrogens with two attached hydrogens (primary N) is 1. The van der Waals surface area contributed by atoms with Crippen LogP contribution in [0.2, 0.25) is 0 Å². The summed E-state index contributed by atoms with van der Waals surface area (Å²) in [6.07, 6.45) is 1.81. The summed E-state index contributed by atoms with van der Waals surface area (Å²) in [4.78, 5) is 21.5. The lowest BCUT2D eigenvalue weighted by atomic mass is 10.3. The van der Waals surface area contributed by atoms with Crippen LogP contribution in [0.3, 0.4) is 0 Å². The van der Waals surface area contributed by atoms with Gasteiger partial charge >= 0.3 is 0 Å². The quantitative estimate of drug-likeness (QED) is 0.711. The molecule has 106 valence electrons. The Bertz CT molecular complexity index is 621. The molecule has 1 amide bonds. The van der Waals surface area contributed by atoms with Crippen molar-refractivity contribution in [3.8, 4) is 0 Å². The molecule has 4 N–H and O–H groups in total. The molecule has 3 rings (SSSR count). The SMILES string of the molecule is Nc1ccc2nc(CCN3CCCNC(=O)C3)[nH]c2c1. The zero-order chi connectivity index (χ0) is 13.9. The second-order valence-corrected chi connectivity index (χ2v) is 5.19. The average Bonchev–Trinajstić information content (AvgIpc) is 2.70. The minimum atomic E-state index is 0.111. The van der Waals surface area contributed by atoms with Crippen LogP contribution in [-0.2, 0) is 11.2 Å². The maximum atomic E-state index is 11.5. The highest BCUT2D eigenvalue weighted by Gasteiger charge is 2.14. The van der Waals surface area contributed by atoms with Gasteiger partial charge in [0.2, 0.25) is 5.91 Å². The standard InChI is InChI=1S/C14H19N5O/c15-10-2-3-11-12(8-10)18-13(17-11)4-7-19-6-1-5-16-14(20)9-19/h2-3,8H,1,4-7,9,15H2,(H,16,20)(H,17,18). The van der Waals surface area contributed by atoms with Gasteiger partial charge in [-0.2, -0.15) is 0 Å². The Balaban J connectivity index is 1.65. The zero-order valence-corrected chi connectivity index (χ0v) is 11.4. The summed E-state index contributed by atoms with van der Waals surface area (Å²) in [5.41, 5.74) is 8.39. The molecule has 1 aliphatic rings. The zero-order valence-electron chi connectivity index (χ0n) is 11.4. The van der Waals surface area contributed by atoms with E-state index in [-0.39, 0.29) is 5.91 Å². The number of H-pyrrole nitrogens is 1. The van der Waals surface area contributed by atoms with Crippen molar-refractivity contribution in [1.29, 1.82) is 0 Å². The number of hydrogen-bond donors (Lipinski definition) is 3. The van der Waals surface area contributed by atoms with Gasteiger partial charge in [0, 0.05) is 31.7 Å². The summed E-state index contributed by atoms with van der Waals surface area (Å²) in [7, 11) is 0. The fourth-order valence-corrected chi connectivity index (χ4v) is 2.52. The molecule has 0 saturated carbocycles. The third-order valence-electron chi connectivity index (χ3n) is 3.56. The van der Waals surface area contributed by atoms with E-state index in [0.29, 0.717) is 6.54 Å². The molecule has 1 fully saturated rings. The summed E-state index contributed by atoms with van der Waals surface area (Å²) in [5.74, 6) is 1.05. The fraction of sp³-hybridized carbons (Fsp3) is 0.429. The van der Waals surface area contributed by atoms with E-state index in [0.717, 1.165) is 55.0 Å². The number of carbonyl (C=O) groups is 1. The number of fused-ring (bicyclic) bond motifs is 1. The molecule has 20 heavy (non-hydrogen) atoms. The maximum absolute atomic E-state index is 11.5. The number of imidazole rings is 1. The highest BCUT2D eigenvalue weighted by molar-refractivity contribution is 5.79. The van der Waals surface area contributed by atoms with Crippen molar-refractivity contribution in [3.05, 3.63) is 24.0 Å². The molecule has 6 heteroatoms. The lowest BCUT2D eigenvalue weighted by molar-refractivity contribution is -0.121. The van der Waals surface area contributed by atoms with Crippen LogP contribution in [0, 0.1) is 0 Å². The van der Waals surface area contributed by atoms with Gasteiger partial charge in [-0.3, -0.25) is 9.69 Å². The molecule has 6 nitrogen and oxygen atoms in total. The molecule has 1 saturated heterocycles. The Morgan fingerprint density at radius 2 is 2.30 bits per heavy atom. The van der Waals surface area contributed by atoms with Gasteiger partial charge in [-0.25, -0.2) is 4.98 Å². The second-order valence-electron chi connectivity index (χ2n) is 5.19. The van der Waals surface area contributed by atoms with Crippen molar-refractivity contribution < 1.29 is 4.79 Å². The molecule has 0 unspecified atom stereocenters. The van der Waals surface area contributed by atoms with Crippen LogP contribution < -0.4 is 11.1 Å². The first-order valence-corrected chi connectivity index (χ1v) is 6.94. The molecule has 1 aromatic carbocycles. The summed E-state index contributed by atoms with van der Waals surface area (Å²) in [6.45, 7) is 3.04. The Hall–Kier alpha value is -2.08. The molecule has 1 aliphatic heterocycles. The van der Waals surface area contributed by atoms with E-state index in [1.165, 1.54) is 0 Å². The fourth-order valence-electron chi connectivity index (χ4n) is 2.52. The predicted octanol–water partition coefficient (Wildman–Crippen LogP) is 0.509. The number of aromatic amines is 1.